The minimum absolute atomic E-state index is 0.407. The number of rotatable bonds is 2. The van der Waals surface area contributed by atoms with E-state index in [-0.39, 0.29) is 0 Å². The number of hydrogen-bond donors (Lipinski definition) is 0. The van der Waals surface area contributed by atoms with Gasteiger partial charge in [-0.3, -0.25) is 4.79 Å². The maximum Gasteiger partial charge on any atom is 0.168 e. The Labute approximate surface area is 94.2 Å². The molecule has 0 fully saturated rings. The molecule has 3 nitrogen and oxygen atoms in total. The van der Waals surface area contributed by atoms with Crippen LogP contribution < -0.4 is 0 Å². The van der Waals surface area contributed by atoms with E-state index in [1.165, 1.54) is 11.9 Å². The van der Waals surface area contributed by atoms with Crippen molar-refractivity contribution in [2.75, 3.05) is 0 Å². The van der Waals surface area contributed by atoms with E-state index < -0.39 is 0 Å². The predicted molar refractivity (Wildman–Crippen MR) is 62.3 cm³/mol. The standard InChI is InChI=1S/C13H12N2O/c1-9-3-4-12(10(2)5-9)13-6-11(7-16)14-8-15-13/h3-8H,1-2H3. The van der Waals surface area contributed by atoms with Gasteiger partial charge in [0.15, 0.2) is 6.29 Å². The van der Waals surface area contributed by atoms with Gasteiger partial charge in [0.25, 0.3) is 0 Å². The normalized spacial score (nSPS) is 10.1. The van der Waals surface area contributed by atoms with E-state index in [0.29, 0.717) is 5.69 Å². The second-order valence-electron chi connectivity index (χ2n) is 3.76. The molecule has 2 aromatic rings. The van der Waals surface area contributed by atoms with E-state index in [1.807, 2.05) is 26.0 Å². The SMILES string of the molecule is Cc1ccc(-c2cc(C=O)ncn2)c(C)c1. The third kappa shape index (κ3) is 1.98. The first kappa shape index (κ1) is 10.5. The van der Waals surface area contributed by atoms with Crippen molar-refractivity contribution < 1.29 is 4.79 Å². The Hall–Kier alpha value is -2.03. The smallest absolute Gasteiger partial charge is 0.168 e. The van der Waals surface area contributed by atoms with Crippen LogP contribution in [0, 0.1) is 13.8 Å². The summed E-state index contributed by atoms with van der Waals surface area (Å²) >= 11 is 0. The molecule has 0 aliphatic carbocycles. The van der Waals surface area contributed by atoms with Crippen LogP contribution in [-0.4, -0.2) is 16.3 Å². The first-order valence-corrected chi connectivity index (χ1v) is 5.05. The van der Waals surface area contributed by atoms with Crippen LogP contribution in [0.2, 0.25) is 0 Å². The van der Waals surface area contributed by atoms with Gasteiger partial charge in [0.1, 0.15) is 12.0 Å². The molecule has 1 aromatic heterocycles. The molecule has 0 spiro atoms. The fraction of sp³-hybridized carbons (Fsp3) is 0.154. The second-order valence-corrected chi connectivity index (χ2v) is 3.76. The van der Waals surface area contributed by atoms with Crippen molar-refractivity contribution >= 4 is 6.29 Å². The number of aromatic nitrogens is 2. The Balaban J connectivity index is 2.53. The molecule has 0 aliphatic heterocycles. The second kappa shape index (κ2) is 4.23. The molecule has 0 unspecified atom stereocenters. The minimum Gasteiger partial charge on any atom is -0.296 e. The van der Waals surface area contributed by atoms with Gasteiger partial charge >= 0.3 is 0 Å². The van der Waals surface area contributed by atoms with Gasteiger partial charge in [-0.15, -0.1) is 0 Å². The highest BCUT2D eigenvalue weighted by atomic mass is 16.1. The van der Waals surface area contributed by atoms with Crippen LogP contribution in [0.4, 0.5) is 0 Å². The number of carbonyl (C=O) groups is 1. The molecule has 80 valence electrons. The van der Waals surface area contributed by atoms with Crippen molar-refractivity contribution in [1.82, 2.24) is 9.97 Å². The molecule has 2 rings (SSSR count). The molecule has 3 heteroatoms. The van der Waals surface area contributed by atoms with Crippen molar-refractivity contribution in [2.24, 2.45) is 0 Å². The van der Waals surface area contributed by atoms with Crippen LogP contribution in [0.1, 0.15) is 21.6 Å². The van der Waals surface area contributed by atoms with Crippen molar-refractivity contribution in [1.29, 1.82) is 0 Å². The van der Waals surface area contributed by atoms with E-state index in [4.69, 9.17) is 0 Å². The number of aryl methyl sites for hydroxylation is 2. The maximum atomic E-state index is 10.6. The topological polar surface area (TPSA) is 42.9 Å². The molecule has 0 bridgehead atoms. The van der Waals surface area contributed by atoms with E-state index in [1.54, 1.807) is 6.07 Å². The lowest BCUT2D eigenvalue weighted by molar-refractivity contribution is 0.111. The zero-order valence-corrected chi connectivity index (χ0v) is 9.27. The lowest BCUT2D eigenvalue weighted by Gasteiger charge is -2.06. The summed E-state index contributed by atoms with van der Waals surface area (Å²) in [5.41, 5.74) is 4.59. The third-order valence-electron chi connectivity index (χ3n) is 2.47. The summed E-state index contributed by atoms with van der Waals surface area (Å²) in [6.45, 7) is 4.08. The van der Waals surface area contributed by atoms with E-state index in [2.05, 4.69) is 16.0 Å². The Morgan fingerprint density at radius 2 is 1.94 bits per heavy atom. The van der Waals surface area contributed by atoms with Crippen LogP contribution in [0.3, 0.4) is 0 Å². The molecule has 0 saturated heterocycles. The van der Waals surface area contributed by atoms with Crippen molar-refractivity contribution in [3.8, 4) is 11.3 Å². The van der Waals surface area contributed by atoms with E-state index >= 15 is 0 Å². The third-order valence-corrected chi connectivity index (χ3v) is 2.47. The fourth-order valence-corrected chi connectivity index (χ4v) is 1.69. The first-order valence-electron chi connectivity index (χ1n) is 5.05. The van der Waals surface area contributed by atoms with Crippen molar-refractivity contribution in [3.63, 3.8) is 0 Å². The Morgan fingerprint density at radius 3 is 2.62 bits per heavy atom. The number of aldehydes is 1. The van der Waals surface area contributed by atoms with Gasteiger partial charge in [0.05, 0.1) is 5.69 Å². The van der Waals surface area contributed by atoms with Gasteiger partial charge in [-0.25, -0.2) is 9.97 Å². The number of carbonyl (C=O) groups excluding carboxylic acids is 1. The summed E-state index contributed by atoms with van der Waals surface area (Å²) in [5, 5.41) is 0. The molecule has 1 heterocycles. The molecule has 16 heavy (non-hydrogen) atoms. The van der Waals surface area contributed by atoms with Gasteiger partial charge < -0.3 is 0 Å². The number of hydrogen-bond acceptors (Lipinski definition) is 3. The van der Waals surface area contributed by atoms with Gasteiger partial charge in [0, 0.05) is 5.56 Å². The molecular formula is C13H12N2O. The van der Waals surface area contributed by atoms with Gasteiger partial charge in [-0.05, 0) is 25.5 Å². The van der Waals surface area contributed by atoms with E-state index in [9.17, 15) is 4.79 Å². The zero-order chi connectivity index (χ0) is 11.5. The zero-order valence-electron chi connectivity index (χ0n) is 9.27. The Morgan fingerprint density at radius 1 is 1.12 bits per heavy atom. The fourth-order valence-electron chi connectivity index (χ4n) is 1.69. The largest absolute Gasteiger partial charge is 0.296 e. The number of nitrogens with zero attached hydrogens (tertiary/aromatic N) is 2. The average Bonchev–Trinajstić information content (AvgIpc) is 2.29. The summed E-state index contributed by atoms with van der Waals surface area (Å²) in [4.78, 5) is 18.7. The molecule has 0 radical (unpaired) electrons. The summed E-state index contributed by atoms with van der Waals surface area (Å²) < 4.78 is 0. The highest BCUT2D eigenvalue weighted by Gasteiger charge is 2.04. The molecule has 0 aliphatic rings. The lowest BCUT2D eigenvalue weighted by Crippen LogP contribution is -1.93. The van der Waals surface area contributed by atoms with Crippen LogP contribution in [0.25, 0.3) is 11.3 Å². The van der Waals surface area contributed by atoms with Gasteiger partial charge in [-0.2, -0.15) is 0 Å². The summed E-state index contributed by atoms with van der Waals surface area (Å²) in [7, 11) is 0. The summed E-state index contributed by atoms with van der Waals surface area (Å²) in [5.74, 6) is 0. The Kier molecular flexibility index (Phi) is 2.77. The van der Waals surface area contributed by atoms with Gasteiger partial charge in [-0.1, -0.05) is 23.8 Å². The van der Waals surface area contributed by atoms with Gasteiger partial charge in [0.2, 0.25) is 0 Å². The van der Waals surface area contributed by atoms with Crippen LogP contribution in [-0.2, 0) is 0 Å². The molecular weight excluding hydrogens is 200 g/mol. The molecule has 0 N–H and O–H groups in total. The monoisotopic (exact) mass is 212 g/mol. The predicted octanol–water partition coefficient (Wildman–Crippen LogP) is 2.57. The van der Waals surface area contributed by atoms with Crippen LogP contribution in [0.5, 0.6) is 0 Å². The van der Waals surface area contributed by atoms with Crippen LogP contribution >= 0.6 is 0 Å². The lowest BCUT2D eigenvalue weighted by atomic mass is 10.0. The molecule has 0 amide bonds. The summed E-state index contributed by atoms with van der Waals surface area (Å²) in [6.07, 6.45) is 2.15. The summed E-state index contributed by atoms with van der Waals surface area (Å²) in [6, 6.07) is 7.84. The quantitative estimate of drug-likeness (QED) is 0.718. The Bertz CT molecular complexity index is 535. The van der Waals surface area contributed by atoms with E-state index in [0.717, 1.165) is 23.1 Å². The molecule has 0 saturated carbocycles. The highest BCUT2D eigenvalue weighted by molar-refractivity contribution is 5.75. The van der Waals surface area contributed by atoms with Crippen molar-refractivity contribution in [3.05, 3.63) is 47.4 Å². The highest BCUT2D eigenvalue weighted by Crippen LogP contribution is 2.21. The maximum absolute atomic E-state index is 10.6. The minimum atomic E-state index is 0.407. The molecule has 1 aromatic carbocycles. The average molecular weight is 212 g/mol. The first-order chi connectivity index (χ1) is 7.70. The number of benzene rings is 1. The van der Waals surface area contributed by atoms with Crippen molar-refractivity contribution in [2.45, 2.75) is 13.8 Å². The van der Waals surface area contributed by atoms with Crippen LogP contribution in [0.15, 0.2) is 30.6 Å². The molecule has 0 atom stereocenters.